The number of likely N-dealkylation sites (tertiary alicyclic amines) is 1. The quantitative estimate of drug-likeness (QED) is 0.203. The van der Waals surface area contributed by atoms with Crippen molar-refractivity contribution in [2.24, 2.45) is 11.8 Å². The molecule has 0 spiro atoms. The van der Waals surface area contributed by atoms with E-state index in [9.17, 15) is 41.1 Å². The van der Waals surface area contributed by atoms with Crippen molar-refractivity contribution in [3.05, 3.63) is 11.5 Å². The topological polar surface area (TPSA) is 114 Å². The van der Waals surface area contributed by atoms with Crippen LogP contribution in [0.15, 0.2) is 11.5 Å². The van der Waals surface area contributed by atoms with Crippen LogP contribution in [0.25, 0.3) is 0 Å². The van der Waals surface area contributed by atoms with Crippen molar-refractivity contribution in [3.8, 4) is 0 Å². The van der Waals surface area contributed by atoms with Crippen molar-refractivity contribution in [2.45, 2.75) is 78.6 Å². The second-order valence-corrected chi connectivity index (χ2v) is 10.7. The van der Waals surface area contributed by atoms with Gasteiger partial charge in [0.25, 0.3) is 0 Å². The van der Waals surface area contributed by atoms with E-state index in [1.165, 1.54) is 18.7 Å². The normalized spacial score (nSPS) is 23.5. The second-order valence-electron chi connectivity index (χ2n) is 10.7. The molecule has 0 bridgehead atoms. The highest BCUT2D eigenvalue weighted by molar-refractivity contribution is 5.91. The average Bonchev–Trinajstić information content (AvgIpc) is 3.25. The number of carbonyl (C=O) groups excluding carboxylic acids is 4. The largest absolute Gasteiger partial charge is 0.461 e. The van der Waals surface area contributed by atoms with E-state index < -0.39 is 75.9 Å². The molecule has 5 amide bonds. The number of carbonyl (C=O) groups is 4. The summed E-state index contributed by atoms with van der Waals surface area (Å²) in [5, 5.41) is 4.77. The van der Waals surface area contributed by atoms with Crippen LogP contribution in [-0.2, 0) is 19.1 Å². The fourth-order valence-corrected chi connectivity index (χ4v) is 4.80. The lowest BCUT2D eigenvalue weighted by Crippen LogP contribution is -2.68. The summed E-state index contributed by atoms with van der Waals surface area (Å²) in [4.78, 5) is 53.8. The molecule has 2 aliphatic heterocycles. The Balaban J connectivity index is 2.55. The van der Waals surface area contributed by atoms with Crippen LogP contribution in [0.2, 0.25) is 0 Å². The van der Waals surface area contributed by atoms with Crippen LogP contribution in [0.5, 0.6) is 0 Å². The predicted molar refractivity (Wildman–Crippen MR) is 132 cm³/mol. The molecule has 1 unspecified atom stereocenters. The summed E-state index contributed by atoms with van der Waals surface area (Å²) in [5.74, 6) is -11.6. The highest BCUT2D eigenvalue weighted by Crippen LogP contribution is 2.43. The molecule has 0 saturated carbocycles. The lowest BCUT2D eigenvalue weighted by molar-refractivity contribution is -0.785. The first kappa shape index (κ1) is 33.4. The Morgan fingerprint density at radius 1 is 1.02 bits per heavy atom. The molecule has 2 aliphatic rings. The Hall–Kier alpha value is -2.81. The van der Waals surface area contributed by atoms with Crippen molar-refractivity contribution in [3.63, 3.8) is 0 Å². The summed E-state index contributed by atoms with van der Waals surface area (Å²) in [5.41, 5.74) is -0.981. The minimum absolute atomic E-state index is 0.0770. The highest BCUT2D eigenvalue weighted by Gasteiger charge is 2.64. The molecule has 2 saturated heterocycles. The molecule has 15 heteroatoms. The number of nitrogens with zero attached hydrogens (tertiary/aromatic N) is 2. The van der Waals surface area contributed by atoms with Gasteiger partial charge in [-0.25, -0.2) is 14.4 Å². The molecule has 40 heavy (non-hydrogen) atoms. The van der Waals surface area contributed by atoms with Gasteiger partial charge in [-0.3, -0.25) is 10.1 Å². The van der Waals surface area contributed by atoms with Gasteiger partial charge in [0.05, 0.1) is 25.5 Å². The van der Waals surface area contributed by atoms with E-state index in [1.807, 2.05) is 0 Å². The van der Waals surface area contributed by atoms with Crippen LogP contribution in [-0.4, -0.2) is 90.4 Å². The Morgan fingerprint density at radius 2 is 1.60 bits per heavy atom. The molecule has 2 N–H and O–H groups in total. The SMILES string of the molecule is CC(=O)OC(=C(NC(=O)[N+]1(C(=O)[C@@H](NC(=O)N2CCOCC2)C(C)C)CCC[C@H]1C)C(C)C)C(F)(F)C(F)(F)F. The number of rotatable bonds is 7. The number of amides is 5. The van der Waals surface area contributed by atoms with Gasteiger partial charge in [-0.05, 0) is 18.8 Å². The maximum absolute atomic E-state index is 14.5. The number of ether oxygens (including phenoxy) is 2. The minimum atomic E-state index is -6.14. The average molecular weight is 586 g/mol. The van der Waals surface area contributed by atoms with Crippen LogP contribution in [0.3, 0.4) is 0 Å². The number of alkyl halides is 5. The van der Waals surface area contributed by atoms with Gasteiger partial charge < -0.3 is 19.7 Å². The standard InChI is InChI=1S/C25H37F5N4O6/c1-14(2)18(20(40-17(6)35)24(26,27)25(28,29)30)32-23(38)34(11-7-8-16(34)5)21(36)19(15(3)4)31-22(37)33-9-12-39-13-10-33/h14-16,19H,7-13H2,1-6H3,(H-,31,32,37,38)/p+1/t16-,19+,34?/m1/s1. The zero-order valence-corrected chi connectivity index (χ0v) is 23.5. The number of quaternary nitrogens is 1. The number of morpholine rings is 1. The lowest BCUT2D eigenvalue weighted by atomic mass is 10.0. The molecule has 10 nitrogen and oxygen atoms in total. The molecule has 0 aliphatic carbocycles. The van der Waals surface area contributed by atoms with Gasteiger partial charge in [-0.15, -0.1) is 0 Å². The summed E-state index contributed by atoms with van der Waals surface area (Å²) in [7, 11) is 0. The van der Waals surface area contributed by atoms with Gasteiger partial charge in [0, 0.05) is 32.9 Å². The number of urea groups is 2. The number of allylic oxidation sites excluding steroid dienone is 2. The van der Waals surface area contributed by atoms with E-state index in [-0.39, 0.29) is 19.6 Å². The van der Waals surface area contributed by atoms with Crippen LogP contribution in [0.1, 0.15) is 54.4 Å². The van der Waals surface area contributed by atoms with Crippen molar-refractivity contribution < 1.29 is 55.1 Å². The number of hydrogen-bond acceptors (Lipinski definition) is 6. The third-order valence-corrected chi connectivity index (χ3v) is 7.10. The molecule has 228 valence electrons. The predicted octanol–water partition coefficient (Wildman–Crippen LogP) is 3.92. The maximum atomic E-state index is 14.5. The lowest BCUT2D eigenvalue weighted by Gasteiger charge is -2.38. The van der Waals surface area contributed by atoms with E-state index in [2.05, 4.69) is 15.4 Å². The zero-order valence-electron chi connectivity index (χ0n) is 23.5. The van der Waals surface area contributed by atoms with E-state index in [0.29, 0.717) is 33.0 Å². The van der Waals surface area contributed by atoms with E-state index in [1.54, 1.807) is 20.8 Å². The van der Waals surface area contributed by atoms with Crippen molar-refractivity contribution >= 4 is 23.9 Å². The Bertz CT molecular complexity index is 1010. The van der Waals surface area contributed by atoms with Gasteiger partial charge in [0.1, 0.15) is 12.1 Å². The first-order chi connectivity index (χ1) is 18.4. The van der Waals surface area contributed by atoms with Gasteiger partial charge in [-0.1, -0.05) is 27.7 Å². The number of halogens is 5. The third kappa shape index (κ3) is 6.90. The molecule has 0 aromatic carbocycles. The van der Waals surface area contributed by atoms with Crippen LogP contribution in [0.4, 0.5) is 31.5 Å². The van der Waals surface area contributed by atoms with Crippen molar-refractivity contribution in [2.75, 3.05) is 32.8 Å². The van der Waals surface area contributed by atoms with Crippen LogP contribution < -0.4 is 10.6 Å². The molecule has 0 aromatic heterocycles. The molecule has 2 rings (SSSR count). The summed E-state index contributed by atoms with van der Waals surface area (Å²) >= 11 is 0. The molecule has 2 heterocycles. The summed E-state index contributed by atoms with van der Waals surface area (Å²) in [6.45, 7) is 9.11. The van der Waals surface area contributed by atoms with E-state index in [0.717, 1.165) is 0 Å². The fourth-order valence-electron chi connectivity index (χ4n) is 4.80. The third-order valence-electron chi connectivity index (χ3n) is 7.10. The number of esters is 1. The summed E-state index contributed by atoms with van der Waals surface area (Å²) < 4.78 is 77.7. The first-order valence-electron chi connectivity index (χ1n) is 13.1. The smallest absolute Gasteiger partial charge is 0.422 e. The zero-order chi connectivity index (χ0) is 30.6. The van der Waals surface area contributed by atoms with Gasteiger partial charge in [0.15, 0.2) is 0 Å². The van der Waals surface area contributed by atoms with E-state index >= 15 is 0 Å². The molecular formula is C25H38F5N4O6+. The number of nitrogens with one attached hydrogen (secondary N) is 2. The summed E-state index contributed by atoms with van der Waals surface area (Å²) in [6, 6.07) is -3.58. The van der Waals surface area contributed by atoms with Crippen molar-refractivity contribution in [1.82, 2.24) is 15.5 Å². The molecular weight excluding hydrogens is 547 g/mol. The minimum Gasteiger partial charge on any atom is -0.422 e. The number of imide groups is 1. The molecule has 3 atom stereocenters. The molecule has 0 radical (unpaired) electrons. The highest BCUT2D eigenvalue weighted by atomic mass is 19.4. The van der Waals surface area contributed by atoms with Crippen LogP contribution in [0, 0.1) is 11.8 Å². The van der Waals surface area contributed by atoms with Gasteiger partial charge in [0.2, 0.25) is 5.76 Å². The van der Waals surface area contributed by atoms with Crippen LogP contribution >= 0.6 is 0 Å². The van der Waals surface area contributed by atoms with Gasteiger partial charge in [-0.2, -0.15) is 26.4 Å². The number of hydrogen-bond donors (Lipinski definition) is 2. The molecule has 0 aromatic rings. The monoisotopic (exact) mass is 585 g/mol. The Kier molecular flexibility index (Phi) is 10.7. The maximum Gasteiger partial charge on any atom is 0.461 e. The van der Waals surface area contributed by atoms with E-state index in [4.69, 9.17) is 4.74 Å². The Morgan fingerprint density at radius 3 is 2.02 bits per heavy atom. The molecule has 2 fully saturated rings. The van der Waals surface area contributed by atoms with Crippen molar-refractivity contribution in [1.29, 1.82) is 0 Å². The first-order valence-corrected chi connectivity index (χ1v) is 13.1. The second kappa shape index (κ2) is 12.8. The summed E-state index contributed by atoms with van der Waals surface area (Å²) in [6.07, 6.45) is -5.39. The van der Waals surface area contributed by atoms with Gasteiger partial charge >= 0.3 is 36.0 Å². The Labute approximate surface area is 229 Å². The fraction of sp³-hybridized carbons (Fsp3) is 0.760.